The molecule has 2 heteroatoms. The molecule has 0 aromatic carbocycles. The van der Waals surface area contributed by atoms with Crippen LogP contribution < -0.4 is 10.3 Å². The topological polar surface area (TPSA) is 26.0 Å². The third kappa shape index (κ3) is 0.856. The van der Waals surface area contributed by atoms with Gasteiger partial charge in [0.2, 0.25) is 0 Å². The normalized spacial score (nSPS) is 22.4. The van der Waals surface area contributed by atoms with Crippen LogP contribution in [0.15, 0.2) is 23.5 Å². The maximum Gasteiger partial charge on any atom is 0.167 e. The fraction of sp³-hybridized carbons (Fsp3) is 0.375. The van der Waals surface area contributed by atoms with Crippen LogP contribution in [0.1, 0.15) is 12.8 Å². The zero-order valence-electron chi connectivity index (χ0n) is 5.85. The molecule has 2 N–H and O–H groups in total. The standard InChI is InChI=1S/C8H10N2/c1-2-7-6-9-5-3-8(7)10-4-1/h1,4,6,10H,2-3,5H2/p+1. The molecule has 10 heavy (non-hydrogen) atoms. The molecule has 0 aromatic heterocycles. The molecule has 2 heterocycles. The smallest absolute Gasteiger partial charge is 0.167 e. The van der Waals surface area contributed by atoms with E-state index in [-0.39, 0.29) is 0 Å². The first kappa shape index (κ1) is 5.71. The minimum absolute atomic E-state index is 1.07. The number of nitrogens with one attached hydrogen (secondary N) is 2. The quantitative estimate of drug-likeness (QED) is 0.451. The molecule has 0 aliphatic carbocycles. The predicted octanol–water partition coefficient (Wildman–Crippen LogP) is -0.697. The van der Waals surface area contributed by atoms with Gasteiger partial charge in [0, 0.05) is 17.7 Å². The van der Waals surface area contributed by atoms with E-state index in [9.17, 15) is 0 Å². The molecule has 2 aliphatic heterocycles. The van der Waals surface area contributed by atoms with Gasteiger partial charge in [0.15, 0.2) is 6.21 Å². The third-order valence-electron chi connectivity index (χ3n) is 1.90. The Morgan fingerprint density at radius 1 is 1.50 bits per heavy atom. The summed E-state index contributed by atoms with van der Waals surface area (Å²) in [5, 5.41) is 3.25. The molecular formula is C8H11N2+. The highest BCUT2D eigenvalue weighted by Gasteiger charge is 2.12. The first-order valence-electron chi connectivity index (χ1n) is 3.67. The second-order valence-corrected chi connectivity index (χ2v) is 2.60. The molecule has 0 bridgehead atoms. The number of dihydropyridines is 1. The molecule has 0 atom stereocenters. The third-order valence-corrected chi connectivity index (χ3v) is 1.90. The highest BCUT2D eigenvalue weighted by molar-refractivity contribution is 5.76. The maximum atomic E-state index is 3.25. The Kier molecular flexibility index (Phi) is 1.31. The van der Waals surface area contributed by atoms with Gasteiger partial charge >= 0.3 is 0 Å². The summed E-state index contributed by atoms with van der Waals surface area (Å²) in [5.41, 5.74) is 2.80. The van der Waals surface area contributed by atoms with Crippen molar-refractivity contribution in [3.8, 4) is 0 Å². The Labute approximate surface area is 60.3 Å². The summed E-state index contributed by atoms with van der Waals surface area (Å²) in [4.78, 5) is 3.23. The molecular weight excluding hydrogens is 124 g/mol. The second kappa shape index (κ2) is 2.29. The number of hydrogen-bond acceptors (Lipinski definition) is 1. The van der Waals surface area contributed by atoms with Gasteiger partial charge in [-0.15, -0.1) is 0 Å². The van der Waals surface area contributed by atoms with Crippen molar-refractivity contribution in [1.82, 2.24) is 5.32 Å². The predicted molar refractivity (Wildman–Crippen MR) is 40.4 cm³/mol. The largest absolute Gasteiger partial charge is 0.365 e. The average Bonchev–Trinajstić information content (AvgIpc) is 2.05. The van der Waals surface area contributed by atoms with Crippen molar-refractivity contribution >= 4 is 6.21 Å². The fourth-order valence-electron chi connectivity index (χ4n) is 1.33. The van der Waals surface area contributed by atoms with Gasteiger partial charge in [-0.05, 0) is 12.6 Å². The van der Waals surface area contributed by atoms with Gasteiger partial charge in [-0.25, -0.2) is 4.99 Å². The van der Waals surface area contributed by atoms with Crippen molar-refractivity contribution in [2.75, 3.05) is 6.54 Å². The molecule has 2 aliphatic rings. The van der Waals surface area contributed by atoms with Gasteiger partial charge in [0.05, 0.1) is 0 Å². The zero-order valence-corrected chi connectivity index (χ0v) is 5.85. The Balaban J connectivity index is 2.25. The molecule has 52 valence electrons. The average molecular weight is 135 g/mol. The van der Waals surface area contributed by atoms with Crippen LogP contribution in [0.4, 0.5) is 0 Å². The summed E-state index contributed by atoms with van der Waals surface area (Å²) >= 11 is 0. The van der Waals surface area contributed by atoms with Crippen molar-refractivity contribution in [3.05, 3.63) is 23.5 Å². The first-order valence-corrected chi connectivity index (χ1v) is 3.67. The van der Waals surface area contributed by atoms with Crippen LogP contribution in [0.5, 0.6) is 0 Å². The van der Waals surface area contributed by atoms with Crippen molar-refractivity contribution < 1.29 is 4.99 Å². The van der Waals surface area contributed by atoms with Gasteiger partial charge < -0.3 is 5.32 Å². The fourth-order valence-corrected chi connectivity index (χ4v) is 1.33. The van der Waals surface area contributed by atoms with Gasteiger partial charge in [-0.2, -0.15) is 0 Å². The Bertz CT molecular complexity index is 223. The first-order chi connectivity index (χ1) is 4.97. The van der Waals surface area contributed by atoms with E-state index in [1.54, 1.807) is 0 Å². The summed E-state index contributed by atoms with van der Waals surface area (Å²) in [7, 11) is 0. The van der Waals surface area contributed by atoms with Gasteiger partial charge in [0.25, 0.3) is 0 Å². The number of rotatable bonds is 0. The van der Waals surface area contributed by atoms with Crippen molar-refractivity contribution in [3.63, 3.8) is 0 Å². The second-order valence-electron chi connectivity index (χ2n) is 2.60. The minimum Gasteiger partial charge on any atom is -0.365 e. The lowest BCUT2D eigenvalue weighted by molar-refractivity contribution is -0.452. The molecule has 0 aromatic rings. The Morgan fingerprint density at radius 3 is 3.40 bits per heavy atom. The lowest BCUT2D eigenvalue weighted by Gasteiger charge is -2.14. The Hall–Kier alpha value is -1.05. The molecule has 0 spiro atoms. The van der Waals surface area contributed by atoms with E-state index >= 15 is 0 Å². The molecule has 0 amide bonds. The van der Waals surface area contributed by atoms with Crippen LogP contribution in [-0.4, -0.2) is 12.8 Å². The van der Waals surface area contributed by atoms with Crippen LogP contribution in [-0.2, 0) is 0 Å². The molecule has 2 nitrogen and oxygen atoms in total. The van der Waals surface area contributed by atoms with E-state index in [0.717, 1.165) is 19.4 Å². The Morgan fingerprint density at radius 2 is 2.50 bits per heavy atom. The molecule has 0 saturated carbocycles. The number of allylic oxidation sites excluding steroid dienone is 2. The molecule has 0 unspecified atom stereocenters. The van der Waals surface area contributed by atoms with Crippen molar-refractivity contribution in [2.45, 2.75) is 12.8 Å². The van der Waals surface area contributed by atoms with Crippen LogP contribution in [0.3, 0.4) is 0 Å². The molecule has 0 radical (unpaired) electrons. The van der Waals surface area contributed by atoms with E-state index in [2.05, 4.69) is 22.6 Å². The van der Waals surface area contributed by atoms with E-state index in [1.807, 2.05) is 6.20 Å². The summed E-state index contributed by atoms with van der Waals surface area (Å²) in [6, 6.07) is 0. The monoisotopic (exact) mass is 135 g/mol. The van der Waals surface area contributed by atoms with Crippen LogP contribution in [0.2, 0.25) is 0 Å². The maximum absolute atomic E-state index is 3.25. The summed E-state index contributed by atoms with van der Waals surface area (Å²) in [6.45, 7) is 1.07. The highest BCUT2D eigenvalue weighted by atomic mass is 14.9. The van der Waals surface area contributed by atoms with Crippen molar-refractivity contribution in [1.29, 1.82) is 0 Å². The summed E-state index contributed by atoms with van der Waals surface area (Å²) in [6.07, 6.45) is 8.49. The van der Waals surface area contributed by atoms with Crippen molar-refractivity contribution in [2.24, 2.45) is 0 Å². The van der Waals surface area contributed by atoms with E-state index in [4.69, 9.17) is 0 Å². The number of hydrogen-bond donors (Lipinski definition) is 2. The van der Waals surface area contributed by atoms with E-state index < -0.39 is 0 Å². The van der Waals surface area contributed by atoms with Crippen LogP contribution >= 0.6 is 0 Å². The summed E-state index contributed by atoms with van der Waals surface area (Å²) in [5.74, 6) is 0. The lowest BCUT2D eigenvalue weighted by Crippen LogP contribution is -2.71. The van der Waals surface area contributed by atoms with Gasteiger partial charge in [-0.1, -0.05) is 6.08 Å². The van der Waals surface area contributed by atoms with Crippen LogP contribution in [0.25, 0.3) is 0 Å². The molecule has 0 fully saturated rings. The SMILES string of the molecule is C1=CNC2=C(C=[NH+]CC2)C1. The van der Waals surface area contributed by atoms with E-state index in [0.29, 0.717) is 0 Å². The summed E-state index contributed by atoms with van der Waals surface area (Å²) < 4.78 is 0. The highest BCUT2D eigenvalue weighted by Crippen LogP contribution is 2.12. The minimum atomic E-state index is 1.07. The van der Waals surface area contributed by atoms with Gasteiger partial charge in [-0.3, -0.25) is 0 Å². The van der Waals surface area contributed by atoms with Crippen LogP contribution in [0, 0.1) is 0 Å². The van der Waals surface area contributed by atoms with Gasteiger partial charge in [0.1, 0.15) is 6.54 Å². The van der Waals surface area contributed by atoms with E-state index in [1.165, 1.54) is 11.3 Å². The lowest BCUT2D eigenvalue weighted by atomic mass is 10.0. The molecule has 2 rings (SSSR count). The zero-order chi connectivity index (χ0) is 6.81. The molecule has 0 saturated heterocycles.